The van der Waals surface area contributed by atoms with Gasteiger partial charge in [-0.25, -0.2) is 4.18 Å². The lowest BCUT2D eigenvalue weighted by molar-refractivity contribution is -0.301. The zero-order valence-corrected chi connectivity index (χ0v) is 42.8. The average molecular weight is 969 g/mol. The van der Waals surface area contributed by atoms with Crippen molar-refractivity contribution >= 4 is 16.4 Å². The highest BCUT2D eigenvalue weighted by atomic mass is 32.3. The van der Waals surface area contributed by atoms with Crippen LogP contribution in [-0.4, -0.2) is 97.5 Å². The Morgan fingerprint density at radius 3 is 1.52 bits per heavy atom. The Bertz CT molecular complexity index is 1400. The van der Waals surface area contributed by atoms with Crippen LogP contribution in [0.1, 0.15) is 213 Å². The van der Waals surface area contributed by atoms with E-state index >= 15 is 0 Å². The SMILES string of the molecule is CC/C=C\C/C=C\C/C=C\C/C=C\CCCCCCCCCCCCCCC(=O)OC(COCCCCCCCC/C=C\CCCCCCC)COC1OC(CO)C(O)C(OS(=O)(=O)O)C1O. The van der Waals surface area contributed by atoms with Crippen LogP contribution in [0.5, 0.6) is 0 Å². The van der Waals surface area contributed by atoms with Gasteiger partial charge in [-0.05, 0) is 77.0 Å². The summed E-state index contributed by atoms with van der Waals surface area (Å²) in [7, 11) is -5.07. The summed E-state index contributed by atoms with van der Waals surface area (Å²) in [5.74, 6) is -0.404. The van der Waals surface area contributed by atoms with Crippen molar-refractivity contribution in [3.8, 4) is 0 Å². The zero-order chi connectivity index (χ0) is 48.9. The normalized spacial score (nSPS) is 19.9. The highest BCUT2D eigenvalue weighted by molar-refractivity contribution is 7.80. The molecule has 67 heavy (non-hydrogen) atoms. The fourth-order valence-electron chi connectivity index (χ4n) is 7.89. The highest BCUT2D eigenvalue weighted by Crippen LogP contribution is 2.26. The molecule has 0 spiro atoms. The van der Waals surface area contributed by atoms with Gasteiger partial charge in [0.05, 0.1) is 19.8 Å². The molecule has 0 aromatic rings. The summed E-state index contributed by atoms with van der Waals surface area (Å²) in [4.78, 5) is 12.9. The number of unbranched alkanes of at least 4 members (excludes halogenated alkanes) is 23. The van der Waals surface area contributed by atoms with E-state index in [4.69, 9.17) is 18.9 Å². The van der Waals surface area contributed by atoms with Crippen molar-refractivity contribution < 1.29 is 56.2 Å². The van der Waals surface area contributed by atoms with Gasteiger partial charge in [0.1, 0.15) is 30.5 Å². The van der Waals surface area contributed by atoms with Gasteiger partial charge in [0.2, 0.25) is 0 Å². The quantitative estimate of drug-likeness (QED) is 0.0197. The maximum Gasteiger partial charge on any atom is 0.397 e. The Balaban J connectivity index is 2.32. The molecule has 13 heteroatoms. The van der Waals surface area contributed by atoms with E-state index < -0.39 is 59.8 Å². The van der Waals surface area contributed by atoms with Gasteiger partial charge in [-0.1, -0.05) is 190 Å². The fourth-order valence-corrected chi connectivity index (χ4v) is 8.40. The summed E-state index contributed by atoms with van der Waals surface area (Å²) < 4.78 is 59.3. The first-order valence-corrected chi connectivity index (χ1v) is 27.9. The van der Waals surface area contributed by atoms with Gasteiger partial charge in [-0.15, -0.1) is 0 Å². The molecule has 0 radical (unpaired) electrons. The van der Waals surface area contributed by atoms with E-state index in [1.54, 1.807) is 0 Å². The number of esters is 1. The van der Waals surface area contributed by atoms with E-state index in [-0.39, 0.29) is 19.6 Å². The first kappa shape index (κ1) is 62.8. The summed E-state index contributed by atoms with van der Waals surface area (Å²) in [5, 5.41) is 30.8. The molecule has 0 bridgehead atoms. The third-order valence-corrected chi connectivity index (χ3v) is 12.3. The fraction of sp³-hybridized carbons (Fsp3) is 0.796. The minimum absolute atomic E-state index is 0.0303. The molecule has 0 saturated carbocycles. The van der Waals surface area contributed by atoms with Gasteiger partial charge in [-0.3, -0.25) is 9.35 Å². The Kier molecular flexibility index (Phi) is 42.2. The molecule has 1 aliphatic rings. The molecule has 1 saturated heterocycles. The maximum absolute atomic E-state index is 12.9. The Labute approximate surface area is 408 Å². The molecule has 6 unspecified atom stereocenters. The topological polar surface area (TPSA) is 178 Å². The van der Waals surface area contributed by atoms with Crippen molar-refractivity contribution in [3.05, 3.63) is 60.8 Å². The number of carbonyl (C=O) groups excluding carboxylic acids is 1. The first-order valence-electron chi connectivity index (χ1n) is 26.5. The summed E-state index contributed by atoms with van der Waals surface area (Å²) in [6.07, 6.45) is 48.2. The van der Waals surface area contributed by atoms with E-state index in [0.29, 0.717) is 13.0 Å². The molecule has 0 aliphatic carbocycles. The van der Waals surface area contributed by atoms with Crippen LogP contribution < -0.4 is 0 Å². The molecule has 0 aromatic carbocycles. The standard InChI is InChI=1S/C54H96O12S/c1-3-5-7-9-11-13-15-17-19-20-21-22-23-24-25-26-27-28-29-31-33-35-37-39-41-43-50(56)64-48(47-63-54-52(58)53(66-67(59,60)61)51(57)49(45-55)65-54)46-62-44-42-40-38-36-34-32-30-18-16-14-12-10-8-6-4-2/h5,7,11,13,16-19,21-22,48-49,51-55,57-58H,3-4,6,8-10,12,14-15,20,23-47H2,1-2H3,(H,59,60,61)/b7-5-,13-11-,18-16-,19-17-,22-21-. The Hall–Kier alpha value is -2.20. The first-order chi connectivity index (χ1) is 32.6. The smallest absolute Gasteiger partial charge is 0.397 e. The van der Waals surface area contributed by atoms with Crippen LogP contribution in [0, 0.1) is 0 Å². The molecular weight excluding hydrogens is 873 g/mol. The average Bonchev–Trinajstić information content (AvgIpc) is 3.30. The second-order valence-corrected chi connectivity index (χ2v) is 19.1. The molecule has 4 N–H and O–H groups in total. The lowest BCUT2D eigenvalue weighted by Gasteiger charge is -2.41. The van der Waals surface area contributed by atoms with Gasteiger partial charge in [-0.2, -0.15) is 8.42 Å². The third-order valence-electron chi connectivity index (χ3n) is 11.9. The van der Waals surface area contributed by atoms with Crippen LogP contribution in [0.25, 0.3) is 0 Å². The summed E-state index contributed by atoms with van der Waals surface area (Å²) >= 11 is 0. The second-order valence-electron chi connectivity index (χ2n) is 18.1. The monoisotopic (exact) mass is 969 g/mol. The molecule has 1 rings (SSSR count). The lowest BCUT2D eigenvalue weighted by atomic mass is 9.99. The van der Waals surface area contributed by atoms with E-state index in [1.165, 1.54) is 109 Å². The number of ether oxygens (including phenoxy) is 4. The molecule has 390 valence electrons. The Morgan fingerprint density at radius 2 is 1.03 bits per heavy atom. The van der Waals surface area contributed by atoms with Crippen molar-refractivity contribution in [3.63, 3.8) is 0 Å². The number of carbonyl (C=O) groups is 1. The largest absolute Gasteiger partial charge is 0.457 e. The number of rotatable bonds is 46. The number of hydrogen-bond donors (Lipinski definition) is 4. The minimum Gasteiger partial charge on any atom is -0.457 e. The predicted octanol–water partition coefficient (Wildman–Crippen LogP) is 12.5. The maximum atomic E-state index is 12.9. The van der Waals surface area contributed by atoms with Crippen molar-refractivity contribution in [1.29, 1.82) is 0 Å². The van der Waals surface area contributed by atoms with Crippen molar-refractivity contribution in [2.75, 3.05) is 26.4 Å². The molecule has 0 amide bonds. The minimum atomic E-state index is -5.07. The number of allylic oxidation sites excluding steroid dienone is 10. The van der Waals surface area contributed by atoms with Crippen LogP contribution >= 0.6 is 0 Å². The van der Waals surface area contributed by atoms with Crippen LogP contribution in [0.3, 0.4) is 0 Å². The highest BCUT2D eigenvalue weighted by Gasteiger charge is 2.48. The Morgan fingerprint density at radius 1 is 0.582 bits per heavy atom. The van der Waals surface area contributed by atoms with Gasteiger partial charge in [0, 0.05) is 13.0 Å². The van der Waals surface area contributed by atoms with Crippen LogP contribution in [0.15, 0.2) is 60.8 Å². The van der Waals surface area contributed by atoms with Gasteiger partial charge in [0.25, 0.3) is 0 Å². The van der Waals surface area contributed by atoms with Crippen LogP contribution in [0.2, 0.25) is 0 Å². The molecule has 1 heterocycles. The van der Waals surface area contributed by atoms with Crippen LogP contribution in [0.4, 0.5) is 0 Å². The lowest BCUT2D eigenvalue weighted by Crippen LogP contribution is -2.60. The molecule has 1 fully saturated rings. The molecule has 12 nitrogen and oxygen atoms in total. The molecule has 6 atom stereocenters. The van der Waals surface area contributed by atoms with Gasteiger partial charge in [0.15, 0.2) is 6.29 Å². The predicted molar refractivity (Wildman–Crippen MR) is 271 cm³/mol. The summed E-state index contributed by atoms with van der Waals surface area (Å²) in [6, 6.07) is 0. The summed E-state index contributed by atoms with van der Waals surface area (Å²) in [5.41, 5.74) is 0. The van der Waals surface area contributed by atoms with Gasteiger partial charge >= 0.3 is 16.4 Å². The molecular formula is C54H96O12S. The van der Waals surface area contributed by atoms with Crippen LogP contribution in [-0.2, 0) is 38.3 Å². The van der Waals surface area contributed by atoms with Crippen molar-refractivity contribution in [2.24, 2.45) is 0 Å². The van der Waals surface area contributed by atoms with Crippen molar-refractivity contribution in [1.82, 2.24) is 0 Å². The molecule has 1 aliphatic heterocycles. The number of aliphatic hydroxyl groups is 3. The van der Waals surface area contributed by atoms with Gasteiger partial charge < -0.3 is 34.3 Å². The van der Waals surface area contributed by atoms with E-state index in [0.717, 1.165) is 77.0 Å². The van der Waals surface area contributed by atoms with E-state index in [2.05, 4.69) is 78.8 Å². The van der Waals surface area contributed by atoms with E-state index in [1.807, 2.05) is 0 Å². The second kappa shape index (κ2) is 45.0. The third kappa shape index (κ3) is 38.3. The van der Waals surface area contributed by atoms with Crippen molar-refractivity contribution in [2.45, 2.75) is 250 Å². The summed E-state index contributed by atoms with van der Waals surface area (Å²) in [6.45, 7) is 3.87. The zero-order valence-electron chi connectivity index (χ0n) is 41.9. The number of aliphatic hydroxyl groups excluding tert-OH is 3. The number of hydrogen-bond acceptors (Lipinski definition) is 11. The van der Waals surface area contributed by atoms with E-state index in [9.17, 15) is 33.1 Å². The molecule has 0 aromatic heterocycles.